The van der Waals surface area contributed by atoms with E-state index in [1.165, 1.54) is 0 Å². The van der Waals surface area contributed by atoms with Gasteiger partial charge in [-0.25, -0.2) is 9.97 Å². The molecule has 0 unspecified atom stereocenters. The molecule has 0 radical (unpaired) electrons. The number of thiophene rings is 1. The number of nitrogens with one attached hydrogen (secondary N) is 1. The number of hydrogen-bond acceptors (Lipinski definition) is 5. The molecule has 3 aromatic heterocycles. The van der Waals surface area contributed by atoms with E-state index < -0.39 is 0 Å². The average molecular weight is 325 g/mol. The largest absolute Gasteiger partial charge is 0.351 e. The second-order valence-electron chi connectivity index (χ2n) is 4.67. The third kappa shape index (κ3) is 4.10. The Morgan fingerprint density at radius 1 is 1.30 bits per heavy atom. The summed E-state index contributed by atoms with van der Waals surface area (Å²) in [6.45, 7) is 1.13. The first kappa shape index (κ1) is 15.1. The Morgan fingerprint density at radius 2 is 2.26 bits per heavy atom. The number of amides is 1. The molecule has 3 heterocycles. The highest BCUT2D eigenvalue weighted by molar-refractivity contribution is 7.10. The van der Waals surface area contributed by atoms with Gasteiger partial charge in [-0.05, 0) is 17.5 Å². The molecule has 7 heteroatoms. The van der Waals surface area contributed by atoms with E-state index >= 15 is 0 Å². The van der Waals surface area contributed by atoms with Crippen molar-refractivity contribution >= 4 is 23.3 Å². The summed E-state index contributed by atoms with van der Waals surface area (Å²) in [4.78, 5) is 25.4. The van der Waals surface area contributed by atoms with Crippen molar-refractivity contribution < 1.29 is 4.79 Å². The first-order chi connectivity index (χ1) is 11.3. The van der Waals surface area contributed by atoms with E-state index in [9.17, 15) is 4.79 Å². The lowest BCUT2D eigenvalue weighted by Crippen LogP contribution is -2.25. The maximum absolute atomic E-state index is 11.8. The Morgan fingerprint density at radius 3 is 3.04 bits per heavy atom. The van der Waals surface area contributed by atoms with Crippen molar-refractivity contribution in [3.05, 3.63) is 59.5 Å². The van der Waals surface area contributed by atoms with E-state index in [4.69, 9.17) is 0 Å². The molecule has 0 aromatic carbocycles. The maximum atomic E-state index is 11.8. The van der Waals surface area contributed by atoms with Gasteiger partial charge < -0.3 is 9.88 Å². The monoisotopic (exact) mass is 325 g/mol. The van der Waals surface area contributed by atoms with Gasteiger partial charge in [0.15, 0.2) is 5.82 Å². The first-order valence-electron chi connectivity index (χ1n) is 7.10. The molecule has 6 nitrogen and oxygen atoms in total. The van der Waals surface area contributed by atoms with E-state index in [2.05, 4.69) is 20.3 Å². The summed E-state index contributed by atoms with van der Waals surface area (Å²) in [6, 6.07) is 3.92. The van der Waals surface area contributed by atoms with Gasteiger partial charge in [0.05, 0.1) is 6.20 Å². The predicted octanol–water partition coefficient (Wildman–Crippen LogP) is 2.23. The molecule has 0 spiro atoms. The molecule has 0 atom stereocenters. The summed E-state index contributed by atoms with van der Waals surface area (Å²) in [6.07, 6.45) is 11.8. The number of imidazole rings is 1. The topological polar surface area (TPSA) is 72.7 Å². The second-order valence-corrected chi connectivity index (χ2v) is 5.65. The smallest absolute Gasteiger partial charge is 0.244 e. The molecular weight excluding hydrogens is 310 g/mol. The van der Waals surface area contributed by atoms with Crippen molar-refractivity contribution in [3.8, 4) is 11.5 Å². The Balaban J connectivity index is 1.54. The highest BCUT2D eigenvalue weighted by Crippen LogP contribution is 2.12. The van der Waals surface area contributed by atoms with Crippen molar-refractivity contribution in [2.45, 2.75) is 6.54 Å². The number of carbonyl (C=O) groups excluding carboxylic acids is 1. The maximum Gasteiger partial charge on any atom is 0.244 e. The molecule has 23 heavy (non-hydrogen) atoms. The van der Waals surface area contributed by atoms with Crippen LogP contribution in [-0.2, 0) is 11.3 Å². The number of hydrogen-bond donors (Lipinski definition) is 1. The van der Waals surface area contributed by atoms with E-state index in [0.717, 1.165) is 10.7 Å². The zero-order chi connectivity index (χ0) is 15.9. The molecule has 0 saturated heterocycles. The minimum absolute atomic E-state index is 0.112. The third-order valence-corrected chi connectivity index (χ3v) is 3.94. The fourth-order valence-electron chi connectivity index (χ4n) is 2.04. The highest BCUT2D eigenvalue weighted by Gasteiger charge is 2.07. The van der Waals surface area contributed by atoms with Gasteiger partial charge in [-0.3, -0.25) is 9.78 Å². The zero-order valence-corrected chi connectivity index (χ0v) is 13.1. The summed E-state index contributed by atoms with van der Waals surface area (Å²) < 4.78 is 1.94. The van der Waals surface area contributed by atoms with E-state index in [1.807, 2.05) is 34.4 Å². The van der Waals surface area contributed by atoms with Gasteiger partial charge in [0.25, 0.3) is 0 Å². The van der Waals surface area contributed by atoms with Crippen molar-refractivity contribution in [1.82, 2.24) is 24.8 Å². The van der Waals surface area contributed by atoms with Crippen molar-refractivity contribution in [2.75, 3.05) is 6.54 Å². The summed E-state index contributed by atoms with van der Waals surface area (Å²) in [7, 11) is 0. The van der Waals surface area contributed by atoms with Crippen LogP contribution in [0.15, 0.2) is 54.6 Å². The van der Waals surface area contributed by atoms with Crippen molar-refractivity contribution in [1.29, 1.82) is 0 Å². The van der Waals surface area contributed by atoms with Crippen LogP contribution in [0.25, 0.3) is 17.6 Å². The summed E-state index contributed by atoms with van der Waals surface area (Å²) in [5, 5.41) is 4.83. The molecule has 1 amide bonds. The molecule has 0 aliphatic carbocycles. The molecule has 3 rings (SSSR count). The minimum atomic E-state index is -0.112. The molecule has 0 saturated carbocycles. The van der Waals surface area contributed by atoms with E-state index in [1.54, 1.807) is 42.2 Å². The van der Waals surface area contributed by atoms with Gasteiger partial charge in [-0.15, -0.1) is 11.3 Å². The Bertz CT molecular complexity index is 780. The van der Waals surface area contributed by atoms with E-state index in [-0.39, 0.29) is 5.91 Å². The van der Waals surface area contributed by atoms with Crippen LogP contribution in [0.5, 0.6) is 0 Å². The number of rotatable bonds is 6. The van der Waals surface area contributed by atoms with Crippen LogP contribution in [0.2, 0.25) is 0 Å². The highest BCUT2D eigenvalue weighted by atomic mass is 32.1. The Kier molecular flexibility index (Phi) is 4.90. The molecular formula is C16H15N5OS. The fourth-order valence-corrected chi connectivity index (χ4v) is 2.66. The molecule has 3 aromatic rings. The first-order valence-corrected chi connectivity index (χ1v) is 7.98. The lowest BCUT2D eigenvalue weighted by Gasteiger charge is -2.07. The average Bonchev–Trinajstić information content (AvgIpc) is 3.25. The van der Waals surface area contributed by atoms with Crippen LogP contribution in [0.3, 0.4) is 0 Å². The minimum Gasteiger partial charge on any atom is -0.351 e. The molecule has 0 aliphatic heterocycles. The SMILES string of the molecule is O=C(C=Cc1cccs1)NCCn1ccnc1-c1cnccn1. The Hall–Kier alpha value is -2.80. The zero-order valence-electron chi connectivity index (χ0n) is 12.3. The van der Waals surface area contributed by atoms with Crippen molar-refractivity contribution in [3.63, 3.8) is 0 Å². The van der Waals surface area contributed by atoms with E-state index in [0.29, 0.717) is 18.8 Å². The normalized spacial score (nSPS) is 11.0. The van der Waals surface area contributed by atoms with Crippen LogP contribution in [0.4, 0.5) is 0 Å². The van der Waals surface area contributed by atoms with Crippen LogP contribution in [0, 0.1) is 0 Å². The second kappa shape index (κ2) is 7.46. The predicted molar refractivity (Wildman–Crippen MR) is 89.6 cm³/mol. The summed E-state index contributed by atoms with van der Waals surface area (Å²) >= 11 is 1.59. The summed E-state index contributed by atoms with van der Waals surface area (Å²) in [5.41, 5.74) is 0.710. The van der Waals surface area contributed by atoms with Gasteiger partial charge in [-0.1, -0.05) is 6.07 Å². The van der Waals surface area contributed by atoms with Gasteiger partial charge in [0.2, 0.25) is 5.91 Å². The van der Waals surface area contributed by atoms with Crippen LogP contribution >= 0.6 is 11.3 Å². The molecule has 0 fully saturated rings. The number of carbonyl (C=O) groups is 1. The molecule has 0 bridgehead atoms. The van der Waals surface area contributed by atoms with Gasteiger partial charge in [-0.2, -0.15) is 0 Å². The lowest BCUT2D eigenvalue weighted by atomic mass is 10.4. The lowest BCUT2D eigenvalue weighted by molar-refractivity contribution is -0.116. The van der Waals surface area contributed by atoms with Gasteiger partial charge >= 0.3 is 0 Å². The number of aromatic nitrogens is 4. The van der Waals surface area contributed by atoms with Crippen LogP contribution < -0.4 is 5.32 Å². The molecule has 0 aliphatic rings. The third-order valence-electron chi connectivity index (χ3n) is 3.10. The molecule has 116 valence electrons. The number of nitrogens with zero attached hydrogens (tertiary/aromatic N) is 4. The van der Waals surface area contributed by atoms with Crippen molar-refractivity contribution in [2.24, 2.45) is 0 Å². The Labute approximate surface area is 137 Å². The quantitative estimate of drug-likeness (QED) is 0.705. The van der Waals surface area contributed by atoms with Gasteiger partial charge in [0.1, 0.15) is 5.69 Å². The fraction of sp³-hybridized carbons (Fsp3) is 0.125. The molecule has 1 N–H and O–H groups in total. The van der Waals surface area contributed by atoms with Crippen LogP contribution in [-0.4, -0.2) is 32.0 Å². The van der Waals surface area contributed by atoms with Gasteiger partial charge in [0, 0.05) is 48.8 Å². The summed E-state index contributed by atoms with van der Waals surface area (Å²) in [5.74, 6) is 0.626. The van der Waals surface area contributed by atoms with Crippen LogP contribution in [0.1, 0.15) is 4.88 Å². The standard InChI is InChI=1S/C16H15N5OS/c22-15(4-3-13-2-1-11-23-13)19-7-9-21-10-8-20-16(21)14-12-17-5-6-18-14/h1-6,8,10-12H,7,9H2,(H,19,22).